The Hall–Kier alpha value is 0.470. The number of halogens is 5. The first-order valence-corrected chi connectivity index (χ1v) is 4.60. The Labute approximate surface area is 89.9 Å². The van der Waals surface area contributed by atoms with Crippen LogP contribution < -0.4 is 0 Å². The molecule has 1 aromatic carbocycles. The summed E-state index contributed by atoms with van der Waals surface area (Å²) in [6.07, 6.45) is 0. The number of benzene rings is 1. The fraction of sp³-hybridized carbons (Fsp3) is 0. The van der Waals surface area contributed by atoms with Crippen LogP contribution >= 0.6 is 45.2 Å². The van der Waals surface area contributed by atoms with E-state index in [1.807, 2.05) is 0 Å². The molecular formula is C6HF3I2. The molecule has 5 heteroatoms. The predicted octanol–water partition coefficient (Wildman–Crippen LogP) is 3.31. The molecule has 11 heavy (non-hydrogen) atoms. The molecule has 0 amide bonds. The molecule has 0 nitrogen and oxygen atoms in total. The molecule has 0 aliphatic rings. The molecule has 0 aromatic heterocycles. The molecule has 0 saturated carbocycles. The Morgan fingerprint density at radius 3 is 1.82 bits per heavy atom. The zero-order chi connectivity index (χ0) is 9.46. The molecule has 0 saturated heterocycles. The lowest BCUT2D eigenvalue weighted by molar-refractivity contribution is 0.525. The standard InChI is InChI=1S/C6HF3I2/c7-2-1-3(8)6(11)4(9)5(2)10/h1H/i1D. The zero-order valence-corrected chi connectivity index (χ0v) is 9.20. The maximum Gasteiger partial charge on any atom is 0.155 e. The van der Waals surface area contributed by atoms with Crippen molar-refractivity contribution in [2.24, 2.45) is 0 Å². The Morgan fingerprint density at radius 1 is 1.09 bits per heavy atom. The van der Waals surface area contributed by atoms with E-state index in [1.165, 1.54) is 45.2 Å². The van der Waals surface area contributed by atoms with Crippen LogP contribution in [0.1, 0.15) is 1.37 Å². The molecule has 0 bridgehead atoms. The van der Waals surface area contributed by atoms with Crippen molar-refractivity contribution in [2.45, 2.75) is 0 Å². The van der Waals surface area contributed by atoms with Gasteiger partial charge in [0, 0.05) is 6.04 Å². The molecule has 0 N–H and O–H groups in total. The van der Waals surface area contributed by atoms with E-state index in [0.717, 1.165) is 0 Å². The van der Waals surface area contributed by atoms with Gasteiger partial charge in [0.2, 0.25) is 0 Å². The van der Waals surface area contributed by atoms with Gasteiger partial charge in [0.05, 0.1) is 8.51 Å². The maximum absolute atomic E-state index is 12.9. The van der Waals surface area contributed by atoms with E-state index >= 15 is 0 Å². The van der Waals surface area contributed by atoms with Gasteiger partial charge in [-0.2, -0.15) is 0 Å². The van der Waals surface area contributed by atoms with Crippen molar-refractivity contribution in [1.29, 1.82) is 0 Å². The van der Waals surface area contributed by atoms with Crippen LogP contribution in [0.4, 0.5) is 13.2 Å². The molecule has 1 rings (SSSR count). The third kappa shape index (κ3) is 1.79. The molecule has 0 radical (unpaired) electrons. The van der Waals surface area contributed by atoms with Gasteiger partial charge in [-0.3, -0.25) is 0 Å². The average Bonchev–Trinajstić information content (AvgIpc) is 2.08. The van der Waals surface area contributed by atoms with Crippen LogP contribution in [0.25, 0.3) is 0 Å². The predicted molar refractivity (Wildman–Crippen MR) is 51.8 cm³/mol. The second-order valence-corrected chi connectivity index (χ2v) is 3.85. The van der Waals surface area contributed by atoms with E-state index in [-0.39, 0.29) is 7.14 Å². The quantitative estimate of drug-likeness (QED) is 0.366. The summed E-state index contributed by atoms with van der Waals surface area (Å²) in [5, 5.41) is 0. The van der Waals surface area contributed by atoms with Crippen LogP contribution in [-0.2, 0) is 0 Å². The van der Waals surface area contributed by atoms with Gasteiger partial charge in [0.25, 0.3) is 0 Å². The Balaban J connectivity index is 3.60. The molecule has 0 fully saturated rings. The minimum atomic E-state index is -1.15. The molecule has 0 atom stereocenters. The molecule has 60 valence electrons. The van der Waals surface area contributed by atoms with Gasteiger partial charge in [0.1, 0.15) is 11.6 Å². The monoisotopic (exact) mass is 385 g/mol. The van der Waals surface area contributed by atoms with Crippen molar-refractivity contribution < 1.29 is 14.5 Å². The lowest BCUT2D eigenvalue weighted by atomic mass is 10.3. The Bertz CT molecular complexity index is 235. The number of hydrogen-bond acceptors (Lipinski definition) is 0. The molecule has 0 unspecified atom stereocenters. The van der Waals surface area contributed by atoms with Crippen molar-refractivity contribution in [3.05, 3.63) is 30.6 Å². The second-order valence-electron chi connectivity index (χ2n) is 1.69. The van der Waals surface area contributed by atoms with E-state index < -0.39 is 23.5 Å². The SMILES string of the molecule is [2H]c1c(F)c(I)c(F)c(I)c1F. The van der Waals surface area contributed by atoms with Gasteiger partial charge in [-0.15, -0.1) is 0 Å². The summed E-state index contributed by atoms with van der Waals surface area (Å²) in [5.74, 6) is -3.24. The summed E-state index contributed by atoms with van der Waals surface area (Å²) in [5.41, 5.74) is 0. The molecule has 0 heterocycles. The Morgan fingerprint density at radius 2 is 1.45 bits per heavy atom. The molecule has 0 spiro atoms. The fourth-order valence-electron chi connectivity index (χ4n) is 0.495. The summed E-state index contributed by atoms with van der Waals surface area (Å²) in [6.45, 7) is 0. The van der Waals surface area contributed by atoms with Crippen LogP contribution in [0, 0.1) is 24.6 Å². The summed E-state index contributed by atoms with van der Waals surface area (Å²) >= 11 is 2.79. The van der Waals surface area contributed by atoms with Crippen LogP contribution in [0.2, 0.25) is 0 Å². The highest BCUT2D eigenvalue weighted by Crippen LogP contribution is 2.22. The van der Waals surface area contributed by atoms with E-state index in [9.17, 15) is 13.2 Å². The number of hydrogen-bond donors (Lipinski definition) is 0. The normalized spacial score (nSPS) is 11.5. The minimum absolute atomic E-state index is 0.344. The van der Waals surface area contributed by atoms with Crippen molar-refractivity contribution in [3.63, 3.8) is 0 Å². The van der Waals surface area contributed by atoms with Crippen LogP contribution in [-0.4, -0.2) is 0 Å². The van der Waals surface area contributed by atoms with Gasteiger partial charge in [-0.05, 0) is 45.2 Å². The zero-order valence-electron chi connectivity index (χ0n) is 5.89. The first kappa shape index (κ1) is 8.09. The van der Waals surface area contributed by atoms with Gasteiger partial charge in [-0.1, -0.05) is 0 Å². The first-order valence-electron chi connectivity index (χ1n) is 2.94. The summed E-state index contributed by atoms with van der Waals surface area (Å²) in [7, 11) is 0. The van der Waals surface area contributed by atoms with E-state index in [0.29, 0.717) is 0 Å². The molecular weight excluding hydrogens is 383 g/mol. The second kappa shape index (κ2) is 3.46. The van der Waals surface area contributed by atoms with Crippen LogP contribution in [0.5, 0.6) is 0 Å². The topological polar surface area (TPSA) is 0 Å². The third-order valence-electron chi connectivity index (χ3n) is 0.990. The van der Waals surface area contributed by atoms with Crippen LogP contribution in [0.3, 0.4) is 0 Å². The van der Waals surface area contributed by atoms with Gasteiger partial charge in [0.15, 0.2) is 5.82 Å². The Kier molecular flexibility index (Phi) is 2.54. The van der Waals surface area contributed by atoms with Crippen molar-refractivity contribution in [2.75, 3.05) is 0 Å². The fourth-order valence-corrected chi connectivity index (χ4v) is 1.82. The van der Waals surface area contributed by atoms with E-state index in [4.69, 9.17) is 1.37 Å². The minimum Gasteiger partial charge on any atom is -0.206 e. The maximum atomic E-state index is 12.9. The lowest BCUT2D eigenvalue weighted by Gasteiger charge is -1.99. The summed E-state index contributed by atoms with van der Waals surface area (Å²) in [6, 6.07) is -0.884. The third-order valence-corrected chi connectivity index (χ3v) is 2.88. The van der Waals surface area contributed by atoms with Crippen molar-refractivity contribution >= 4 is 45.2 Å². The van der Waals surface area contributed by atoms with Crippen molar-refractivity contribution in [3.8, 4) is 0 Å². The highest BCUT2D eigenvalue weighted by Gasteiger charge is 2.13. The smallest absolute Gasteiger partial charge is 0.155 e. The van der Waals surface area contributed by atoms with Crippen molar-refractivity contribution in [1.82, 2.24) is 0 Å². The lowest BCUT2D eigenvalue weighted by Crippen LogP contribution is -1.96. The first-order chi connectivity index (χ1) is 5.46. The van der Waals surface area contributed by atoms with Gasteiger partial charge in [-0.25, -0.2) is 13.2 Å². The highest BCUT2D eigenvalue weighted by molar-refractivity contribution is 14.1. The van der Waals surface area contributed by atoms with E-state index in [1.54, 1.807) is 0 Å². The highest BCUT2D eigenvalue weighted by atomic mass is 127. The number of rotatable bonds is 0. The molecule has 0 aliphatic heterocycles. The van der Waals surface area contributed by atoms with Crippen LogP contribution in [0.15, 0.2) is 6.04 Å². The molecule has 0 aliphatic carbocycles. The summed E-state index contributed by atoms with van der Waals surface area (Å²) in [4.78, 5) is 0. The average molecular weight is 385 g/mol. The summed E-state index contributed by atoms with van der Waals surface area (Å²) < 4.78 is 44.6. The van der Waals surface area contributed by atoms with Gasteiger partial charge >= 0.3 is 0 Å². The molecule has 1 aromatic rings. The van der Waals surface area contributed by atoms with E-state index in [2.05, 4.69) is 0 Å². The largest absolute Gasteiger partial charge is 0.206 e. The van der Waals surface area contributed by atoms with Gasteiger partial charge < -0.3 is 0 Å².